The summed E-state index contributed by atoms with van der Waals surface area (Å²) < 4.78 is 9.92. The van der Waals surface area contributed by atoms with Gasteiger partial charge in [0, 0.05) is 13.1 Å². The van der Waals surface area contributed by atoms with Crippen LogP contribution in [0.15, 0.2) is 0 Å². The third-order valence-corrected chi connectivity index (χ3v) is 1.51. The largest absolute Gasteiger partial charge is 0.450 e. The van der Waals surface area contributed by atoms with Gasteiger partial charge in [-0.25, -0.2) is 4.79 Å². The molecule has 1 amide bonds. The van der Waals surface area contributed by atoms with Gasteiger partial charge in [-0.15, -0.1) is 0 Å². The van der Waals surface area contributed by atoms with E-state index in [1.807, 2.05) is 6.92 Å². The quantitative estimate of drug-likeness (QED) is 0.564. The van der Waals surface area contributed by atoms with Crippen LogP contribution in [0.2, 0.25) is 0 Å². The fraction of sp³-hybridized carbons (Fsp3) is 0.889. The minimum absolute atomic E-state index is 0.380. The minimum Gasteiger partial charge on any atom is -0.450 e. The maximum atomic E-state index is 10.9. The van der Waals surface area contributed by atoms with Gasteiger partial charge in [0.1, 0.15) is 0 Å². The minimum atomic E-state index is -0.380. The Hall–Kier alpha value is -0.810. The van der Waals surface area contributed by atoms with Crippen LogP contribution in [0.4, 0.5) is 4.79 Å². The van der Waals surface area contributed by atoms with Crippen molar-refractivity contribution in [1.82, 2.24) is 5.32 Å². The highest BCUT2D eigenvalue weighted by Gasteiger charge is 1.99. The molecule has 0 heterocycles. The van der Waals surface area contributed by atoms with Gasteiger partial charge in [-0.3, -0.25) is 0 Å². The smallest absolute Gasteiger partial charge is 0.407 e. The molecule has 0 saturated carbocycles. The highest BCUT2D eigenvalue weighted by Crippen LogP contribution is 1.87. The summed E-state index contributed by atoms with van der Waals surface area (Å²) in [4.78, 5) is 10.9. The van der Waals surface area contributed by atoms with Gasteiger partial charge in [0.25, 0.3) is 0 Å². The van der Waals surface area contributed by atoms with Crippen LogP contribution in [0.5, 0.6) is 0 Å². The van der Waals surface area contributed by atoms with Gasteiger partial charge in [-0.05, 0) is 6.42 Å². The number of unbranched alkanes of at least 4 members (excludes halogenated alkanes) is 1. The van der Waals surface area contributed by atoms with E-state index >= 15 is 0 Å². The van der Waals surface area contributed by atoms with Crippen LogP contribution in [0, 0.1) is 0 Å². The summed E-state index contributed by atoms with van der Waals surface area (Å²) in [7, 11) is 0. The standard InChI is InChI=1S/C9H20N2O3/c1-2-3-6-14-9(12)11-5-8-13-7-4-10/h2-8,10H2,1H3,(H,11,12). The van der Waals surface area contributed by atoms with Gasteiger partial charge >= 0.3 is 6.09 Å². The number of rotatable bonds is 8. The van der Waals surface area contributed by atoms with Crippen LogP contribution in [-0.4, -0.2) is 39.0 Å². The maximum absolute atomic E-state index is 10.9. The zero-order valence-corrected chi connectivity index (χ0v) is 8.75. The highest BCUT2D eigenvalue weighted by molar-refractivity contribution is 5.66. The van der Waals surface area contributed by atoms with Gasteiger partial charge in [-0.1, -0.05) is 13.3 Å². The van der Waals surface area contributed by atoms with E-state index in [0.717, 1.165) is 12.8 Å². The Morgan fingerprint density at radius 1 is 1.36 bits per heavy atom. The fourth-order valence-electron chi connectivity index (χ4n) is 0.771. The van der Waals surface area contributed by atoms with Crippen molar-refractivity contribution in [2.75, 3.05) is 32.9 Å². The van der Waals surface area contributed by atoms with Gasteiger partial charge in [-0.2, -0.15) is 0 Å². The summed E-state index contributed by atoms with van der Waals surface area (Å²) in [6, 6.07) is 0. The number of nitrogens with one attached hydrogen (secondary N) is 1. The van der Waals surface area contributed by atoms with Crippen LogP contribution in [0.3, 0.4) is 0 Å². The molecule has 0 aromatic rings. The van der Waals surface area contributed by atoms with E-state index in [1.54, 1.807) is 0 Å². The lowest BCUT2D eigenvalue weighted by atomic mass is 10.4. The van der Waals surface area contributed by atoms with Gasteiger partial charge in [0.05, 0.1) is 19.8 Å². The Labute approximate surface area is 84.9 Å². The third-order valence-electron chi connectivity index (χ3n) is 1.51. The molecule has 0 aliphatic rings. The molecule has 0 aromatic heterocycles. The molecule has 0 spiro atoms. The highest BCUT2D eigenvalue weighted by atomic mass is 16.5. The molecule has 0 aromatic carbocycles. The first-order chi connectivity index (χ1) is 6.81. The first kappa shape index (κ1) is 13.2. The number of carbonyl (C=O) groups is 1. The Bertz CT molecular complexity index is 142. The number of ether oxygens (including phenoxy) is 2. The monoisotopic (exact) mass is 204 g/mol. The Kier molecular flexibility index (Phi) is 9.68. The summed E-state index contributed by atoms with van der Waals surface area (Å²) in [5.74, 6) is 0. The van der Waals surface area contributed by atoms with E-state index in [-0.39, 0.29) is 6.09 Å². The SMILES string of the molecule is CCCCOC(=O)NCCOCCN. The van der Waals surface area contributed by atoms with Crippen molar-refractivity contribution >= 4 is 6.09 Å². The maximum Gasteiger partial charge on any atom is 0.407 e. The molecule has 0 fully saturated rings. The fourth-order valence-corrected chi connectivity index (χ4v) is 0.771. The van der Waals surface area contributed by atoms with Crippen LogP contribution in [-0.2, 0) is 9.47 Å². The molecule has 5 nitrogen and oxygen atoms in total. The van der Waals surface area contributed by atoms with Crippen molar-refractivity contribution < 1.29 is 14.3 Å². The van der Waals surface area contributed by atoms with E-state index in [0.29, 0.717) is 32.9 Å². The number of amides is 1. The molecular formula is C9H20N2O3. The Morgan fingerprint density at radius 2 is 2.14 bits per heavy atom. The zero-order valence-electron chi connectivity index (χ0n) is 8.75. The average molecular weight is 204 g/mol. The second kappa shape index (κ2) is 10.3. The molecule has 0 bridgehead atoms. The predicted octanol–water partition coefficient (Wildman–Crippen LogP) is 0.488. The van der Waals surface area contributed by atoms with E-state index in [2.05, 4.69) is 5.32 Å². The van der Waals surface area contributed by atoms with Gasteiger partial charge in [0.2, 0.25) is 0 Å². The summed E-state index contributed by atoms with van der Waals surface area (Å²) in [5.41, 5.74) is 5.21. The van der Waals surface area contributed by atoms with Crippen molar-refractivity contribution in [2.45, 2.75) is 19.8 Å². The van der Waals surface area contributed by atoms with Crippen molar-refractivity contribution in [3.63, 3.8) is 0 Å². The van der Waals surface area contributed by atoms with E-state index in [4.69, 9.17) is 15.2 Å². The third kappa shape index (κ3) is 9.28. The van der Waals surface area contributed by atoms with Crippen LogP contribution < -0.4 is 11.1 Å². The van der Waals surface area contributed by atoms with E-state index < -0.39 is 0 Å². The topological polar surface area (TPSA) is 73.6 Å². The average Bonchev–Trinajstić information content (AvgIpc) is 2.18. The van der Waals surface area contributed by atoms with Crippen molar-refractivity contribution in [3.8, 4) is 0 Å². The molecule has 5 heteroatoms. The lowest BCUT2D eigenvalue weighted by Crippen LogP contribution is -2.28. The van der Waals surface area contributed by atoms with E-state index in [9.17, 15) is 4.79 Å². The first-order valence-corrected chi connectivity index (χ1v) is 4.99. The molecule has 0 unspecified atom stereocenters. The molecule has 3 N–H and O–H groups in total. The number of carbonyl (C=O) groups excluding carboxylic acids is 1. The van der Waals surface area contributed by atoms with Crippen molar-refractivity contribution in [3.05, 3.63) is 0 Å². The summed E-state index contributed by atoms with van der Waals surface area (Å²) in [5, 5.41) is 2.57. The normalized spacial score (nSPS) is 9.86. The predicted molar refractivity (Wildman–Crippen MR) is 54.1 cm³/mol. The van der Waals surface area contributed by atoms with Gasteiger partial charge in [0.15, 0.2) is 0 Å². The second-order valence-corrected chi connectivity index (χ2v) is 2.82. The number of nitrogens with two attached hydrogens (primary N) is 1. The lowest BCUT2D eigenvalue weighted by Gasteiger charge is -2.06. The molecule has 84 valence electrons. The molecule has 0 saturated heterocycles. The zero-order chi connectivity index (χ0) is 10.6. The molecule has 14 heavy (non-hydrogen) atoms. The Morgan fingerprint density at radius 3 is 2.79 bits per heavy atom. The molecule has 0 atom stereocenters. The van der Waals surface area contributed by atoms with Crippen LogP contribution >= 0.6 is 0 Å². The second-order valence-electron chi connectivity index (χ2n) is 2.82. The molecule has 0 radical (unpaired) electrons. The number of hydrogen-bond donors (Lipinski definition) is 2. The van der Waals surface area contributed by atoms with Crippen LogP contribution in [0.25, 0.3) is 0 Å². The summed E-state index contributed by atoms with van der Waals surface area (Å²) >= 11 is 0. The lowest BCUT2D eigenvalue weighted by molar-refractivity contribution is 0.125. The molecule has 0 rings (SSSR count). The molecule has 0 aliphatic carbocycles. The number of hydrogen-bond acceptors (Lipinski definition) is 4. The Balaban J connectivity index is 3.10. The van der Waals surface area contributed by atoms with Crippen molar-refractivity contribution in [2.24, 2.45) is 5.73 Å². The molecular weight excluding hydrogens is 184 g/mol. The van der Waals surface area contributed by atoms with Crippen LogP contribution in [0.1, 0.15) is 19.8 Å². The molecule has 0 aliphatic heterocycles. The number of alkyl carbamates (subject to hydrolysis) is 1. The summed E-state index contributed by atoms with van der Waals surface area (Å²) in [6.45, 7) is 4.48. The summed E-state index contributed by atoms with van der Waals surface area (Å²) in [6.07, 6.45) is 1.54. The van der Waals surface area contributed by atoms with E-state index in [1.165, 1.54) is 0 Å². The first-order valence-electron chi connectivity index (χ1n) is 4.99. The van der Waals surface area contributed by atoms with Crippen molar-refractivity contribution in [1.29, 1.82) is 0 Å². The van der Waals surface area contributed by atoms with Gasteiger partial charge < -0.3 is 20.5 Å².